The number of carbonyl (C=O) groups excluding carboxylic acids is 1. The summed E-state index contributed by atoms with van der Waals surface area (Å²) in [6.45, 7) is 1.78. The summed E-state index contributed by atoms with van der Waals surface area (Å²) >= 11 is 0. The van der Waals surface area contributed by atoms with Gasteiger partial charge in [0.05, 0.1) is 6.20 Å². The predicted molar refractivity (Wildman–Crippen MR) is 54.7 cm³/mol. The van der Waals surface area contributed by atoms with E-state index >= 15 is 0 Å². The monoisotopic (exact) mass is 202 g/mol. The van der Waals surface area contributed by atoms with Gasteiger partial charge in [0, 0.05) is 0 Å². The Bertz CT molecular complexity index is 462. The molecule has 0 amide bonds. The topological polar surface area (TPSA) is 55.0 Å². The number of benzene rings is 1. The fraction of sp³-hybridized carbons (Fsp3) is 0.0909. The molecule has 0 aliphatic rings. The Morgan fingerprint density at radius 2 is 2.07 bits per heavy atom. The summed E-state index contributed by atoms with van der Waals surface area (Å²) in [7, 11) is 0. The highest BCUT2D eigenvalue weighted by atomic mass is 16.5. The van der Waals surface area contributed by atoms with Gasteiger partial charge >= 0.3 is 5.97 Å². The molecule has 1 heterocycles. The first kappa shape index (κ1) is 9.45. The van der Waals surface area contributed by atoms with Crippen LogP contribution in [-0.2, 0) is 0 Å². The molecule has 0 bridgehead atoms. The second kappa shape index (κ2) is 3.96. The molecule has 0 unspecified atom stereocenters. The summed E-state index contributed by atoms with van der Waals surface area (Å²) in [5, 5.41) is 0. The van der Waals surface area contributed by atoms with Crippen molar-refractivity contribution < 1.29 is 9.53 Å². The van der Waals surface area contributed by atoms with Gasteiger partial charge in [-0.2, -0.15) is 0 Å². The highest BCUT2D eigenvalue weighted by molar-refractivity contribution is 5.88. The minimum absolute atomic E-state index is 0.358. The Morgan fingerprint density at radius 3 is 2.67 bits per heavy atom. The van der Waals surface area contributed by atoms with Crippen molar-refractivity contribution in [1.82, 2.24) is 9.97 Å². The van der Waals surface area contributed by atoms with Gasteiger partial charge in [0.15, 0.2) is 0 Å². The lowest BCUT2D eigenvalue weighted by Crippen LogP contribution is -2.08. The number of H-pyrrole nitrogens is 1. The summed E-state index contributed by atoms with van der Waals surface area (Å²) in [4.78, 5) is 18.3. The summed E-state index contributed by atoms with van der Waals surface area (Å²) < 4.78 is 5.10. The minimum atomic E-state index is -0.429. The molecule has 2 aromatic rings. The van der Waals surface area contributed by atoms with Crippen molar-refractivity contribution in [2.75, 3.05) is 0 Å². The molecule has 2 rings (SSSR count). The third kappa shape index (κ3) is 2.22. The third-order valence-electron chi connectivity index (χ3n) is 1.88. The number of imidazole rings is 1. The van der Waals surface area contributed by atoms with E-state index in [4.69, 9.17) is 4.74 Å². The van der Waals surface area contributed by atoms with Crippen LogP contribution in [0.4, 0.5) is 0 Å². The number of ether oxygens (including phenoxy) is 1. The number of para-hydroxylation sites is 1. The van der Waals surface area contributed by atoms with Crippen molar-refractivity contribution in [2.45, 2.75) is 6.92 Å². The molecular formula is C11H10N2O2. The van der Waals surface area contributed by atoms with Crippen LogP contribution in [0.2, 0.25) is 0 Å². The Balaban J connectivity index is 2.11. The van der Waals surface area contributed by atoms with Gasteiger partial charge in [-0.1, -0.05) is 18.2 Å². The Labute approximate surface area is 86.9 Å². The standard InChI is InChI=1S/C11H10N2O2/c1-8-12-7-10(13-8)11(14)15-9-5-3-2-4-6-9/h2-7H,1H3,(H,12,13). The number of carbonyl (C=O) groups is 1. The summed E-state index contributed by atoms with van der Waals surface area (Å²) in [6.07, 6.45) is 1.46. The van der Waals surface area contributed by atoms with E-state index in [-0.39, 0.29) is 0 Å². The normalized spacial score (nSPS) is 9.93. The molecule has 4 nitrogen and oxygen atoms in total. The van der Waals surface area contributed by atoms with E-state index in [0.29, 0.717) is 17.3 Å². The average Bonchev–Trinajstić information content (AvgIpc) is 2.66. The quantitative estimate of drug-likeness (QED) is 0.598. The van der Waals surface area contributed by atoms with Crippen molar-refractivity contribution in [3.05, 3.63) is 48.0 Å². The van der Waals surface area contributed by atoms with Crippen LogP contribution in [0.3, 0.4) is 0 Å². The Kier molecular flexibility index (Phi) is 2.49. The number of hydrogen-bond donors (Lipinski definition) is 1. The average molecular weight is 202 g/mol. The van der Waals surface area contributed by atoms with E-state index in [1.165, 1.54) is 6.20 Å². The van der Waals surface area contributed by atoms with E-state index < -0.39 is 5.97 Å². The van der Waals surface area contributed by atoms with Gasteiger partial charge in [0.1, 0.15) is 17.3 Å². The number of aryl methyl sites for hydroxylation is 1. The van der Waals surface area contributed by atoms with Crippen LogP contribution in [0.1, 0.15) is 16.3 Å². The second-order valence-electron chi connectivity index (χ2n) is 3.08. The van der Waals surface area contributed by atoms with Gasteiger partial charge in [0.2, 0.25) is 0 Å². The van der Waals surface area contributed by atoms with Crippen LogP contribution in [-0.4, -0.2) is 15.9 Å². The zero-order valence-corrected chi connectivity index (χ0v) is 8.23. The zero-order chi connectivity index (χ0) is 10.7. The fourth-order valence-corrected chi connectivity index (χ4v) is 1.18. The molecule has 76 valence electrons. The lowest BCUT2D eigenvalue weighted by molar-refractivity contribution is 0.0729. The van der Waals surface area contributed by atoms with Crippen LogP contribution < -0.4 is 4.74 Å². The molecule has 0 spiro atoms. The Morgan fingerprint density at radius 1 is 1.33 bits per heavy atom. The molecule has 0 radical (unpaired) electrons. The molecule has 1 aromatic heterocycles. The predicted octanol–water partition coefficient (Wildman–Crippen LogP) is 1.94. The van der Waals surface area contributed by atoms with E-state index in [9.17, 15) is 4.79 Å². The fourth-order valence-electron chi connectivity index (χ4n) is 1.18. The molecule has 4 heteroatoms. The highest BCUT2D eigenvalue weighted by Crippen LogP contribution is 2.10. The van der Waals surface area contributed by atoms with Crippen LogP contribution in [0, 0.1) is 6.92 Å². The lowest BCUT2D eigenvalue weighted by Gasteiger charge is -2.00. The number of rotatable bonds is 2. The molecule has 0 saturated carbocycles. The maximum absolute atomic E-state index is 11.5. The SMILES string of the molecule is Cc1ncc(C(=O)Oc2ccccc2)[nH]1. The van der Waals surface area contributed by atoms with Gasteiger partial charge in [0.25, 0.3) is 0 Å². The number of aromatic amines is 1. The number of nitrogens with zero attached hydrogens (tertiary/aromatic N) is 1. The molecule has 0 aliphatic heterocycles. The lowest BCUT2D eigenvalue weighted by atomic mass is 10.3. The van der Waals surface area contributed by atoms with E-state index in [2.05, 4.69) is 9.97 Å². The van der Waals surface area contributed by atoms with Crippen molar-refractivity contribution in [2.24, 2.45) is 0 Å². The smallest absolute Gasteiger partial charge is 0.361 e. The van der Waals surface area contributed by atoms with E-state index in [1.54, 1.807) is 31.2 Å². The number of esters is 1. The molecule has 0 aliphatic carbocycles. The van der Waals surface area contributed by atoms with Crippen LogP contribution >= 0.6 is 0 Å². The second-order valence-corrected chi connectivity index (χ2v) is 3.08. The maximum atomic E-state index is 11.5. The van der Waals surface area contributed by atoms with Crippen molar-refractivity contribution >= 4 is 5.97 Å². The van der Waals surface area contributed by atoms with Gasteiger partial charge in [-0.05, 0) is 19.1 Å². The molecule has 15 heavy (non-hydrogen) atoms. The molecule has 1 N–H and O–H groups in total. The minimum Gasteiger partial charge on any atom is -0.422 e. The highest BCUT2D eigenvalue weighted by Gasteiger charge is 2.10. The summed E-state index contributed by atoms with van der Waals surface area (Å²) in [6, 6.07) is 8.92. The number of aromatic nitrogens is 2. The maximum Gasteiger partial charge on any atom is 0.361 e. The van der Waals surface area contributed by atoms with Crippen LogP contribution in [0.15, 0.2) is 36.5 Å². The first-order chi connectivity index (χ1) is 7.25. The number of hydrogen-bond acceptors (Lipinski definition) is 3. The Hall–Kier alpha value is -2.10. The van der Waals surface area contributed by atoms with Gasteiger partial charge in [-0.3, -0.25) is 0 Å². The molecule has 0 fully saturated rings. The van der Waals surface area contributed by atoms with Crippen molar-refractivity contribution in [1.29, 1.82) is 0 Å². The first-order valence-electron chi connectivity index (χ1n) is 4.54. The zero-order valence-electron chi connectivity index (χ0n) is 8.23. The third-order valence-corrected chi connectivity index (χ3v) is 1.88. The van der Waals surface area contributed by atoms with E-state index in [0.717, 1.165) is 0 Å². The largest absolute Gasteiger partial charge is 0.422 e. The molecule has 0 saturated heterocycles. The van der Waals surface area contributed by atoms with Gasteiger partial charge in [-0.25, -0.2) is 9.78 Å². The van der Waals surface area contributed by atoms with Crippen LogP contribution in [0.5, 0.6) is 5.75 Å². The van der Waals surface area contributed by atoms with E-state index in [1.807, 2.05) is 6.07 Å². The summed E-state index contributed by atoms with van der Waals surface area (Å²) in [5.74, 6) is 0.784. The number of nitrogens with one attached hydrogen (secondary N) is 1. The molecular weight excluding hydrogens is 192 g/mol. The van der Waals surface area contributed by atoms with Crippen molar-refractivity contribution in [3.8, 4) is 5.75 Å². The van der Waals surface area contributed by atoms with Crippen LogP contribution in [0.25, 0.3) is 0 Å². The molecule has 1 aromatic carbocycles. The first-order valence-corrected chi connectivity index (χ1v) is 4.54. The summed E-state index contributed by atoms with van der Waals surface area (Å²) in [5.41, 5.74) is 0.358. The van der Waals surface area contributed by atoms with Gasteiger partial charge in [-0.15, -0.1) is 0 Å². The van der Waals surface area contributed by atoms with Crippen molar-refractivity contribution in [3.63, 3.8) is 0 Å². The van der Waals surface area contributed by atoms with Gasteiger partial charge < -0.3 is 9.72 Å². The molecule has 0 atom stereocenters.